The Hall–Kier alpha value is -0.610. The molecule has 4 nitrogen and oxygen atoms in total. The van der Waals surface area contributed by atoms with Crippen molar-refractivity contribution in [3.8, 4) is 0 Å². The van der Waals surface area contributed by atoms with Gasteiger partial charge >= 0.3 is 0 Å². The van der Waals surface area contributed by atoms with Crippen LogP contribution in [-0.2, 0) is 9.53 Å². The Kier molecular flexibility index (Phi) is 2.28. The molecule has 0 spiro atoms. The van der Waals surface area contributed by atoms with Gasteiger partial charge in [0.05, 0.1) is 6.61 Å². The molecule has 2 fully saturated rings. The molecule has 0 aromatic heterocycles. The van der Waals surface area contributed by atoms with Crippen molar-refractivity contribution in [2.75, 3.05) is 32.8 Å². The van der Waals surface area contributed by atoms with Crippen LogP contribution in [0.4, 0.5) is 0 Å². The first-order valence-electron chi connectivity index (χ1n) is 4.36. The van der Waals surface area contributed by atoms with Crippen molar-refractivity contribution in [3.05, 3.63) is 6.10 Å². The van der Waals surface area contributed by atoms with Gasteiger partial charge in [0.1, 0.15) is 0 Å². The fourth-order valence-electron chi connectivity index (χ4n) is 1.33. The van der Waals surface area contributed by atoms with E-state index in [0.717, 1.165) is 26.1 Å². The third-order valence-corrected chi connectivity index (χ3v) is 2.22. The number of carbonyl (C=O) groups excluding carboxylic acids is 1. The van der Waals surface area contributed by atoms with Gasteiger partial charge in [-0.2, -0.15) is 0 Å². The van der Waals surface area contributed by atoms with Crippen LogP contribution in [0.15, 0.2) is 0 Å². The maximum Gasteiger partial charge on any atom is 0.259 e. The Labute approximate surface area is 71.9 Å². The number of hydrogen-bond donors (Lipinski definition) is 1. The molecule has 0 aromatic rings. The van der Waals surface area contributed by atoms with E-state index in [-0.39, 0.29) is 5.91 Å². The number of ether oxygens (including phenoxy) is 1. The maximum atomic E-state index is 11.5. The highest BCUT2D eigenvalue weighted by atomic mass is 16.5. The van der Waals surface area contributed by atoms with Crippen molar-refractivity contribution in [1.29, 1.82) is 0 Å². The van der Waals surface area contributed by atoms with Crippen molar-refractivity contribution in [3.63, 3.8) is 0 Å². The van der Waals surface area contributed by atoms with Crippen LogP contribution >= 0.6 is 0 Å². The van der Waals surface area contributed by atoms with Gasteiger partial charge in [0.2, 0.25) is 0 Å². The summed E-state index contributed by atoms with van der Waals surface area (Å²) in [7, 11) is 0. The number of hydrogen-bond acceptors (Lipinski definition) is 3. The van der Waals surface area contributed by atoms with Gasteiger partial charge in [-0.3, -0.25) is 4.79 Å². The van der Waals surface area contributed by atoms with E-state index in [1.54, 1.807) is 0 Å². The molecule has 4 heteroatoms. The molecule has 0 saturated carbocycles. The second-order valence-corrected chi connectivity index (χ2v) is 3.09. The molecular weight excluding hydrogens is 156 g/mol. The molecule has 2 aliphatic heterocycles. The molecule has 2 heterocycles. The number of carbonyl (C=O) groups is 1. The first kappa shape index (κ1) is 8.01. The van der Waals surface area contributed by atoms with Crippen molar-refractivity contribution in [2.45, 2.75) is 6.42 Å². The number of morpholine rings is 1. The Morgan fingerprint density at radius 2 is 2.33 bits per heavy atom. The van der Waals surface area contributed by atoms with Gasteiger partial charge in [0.25, 0.3) is 5.91 Å². The lowest BCUT2D eigenvalue weighted by atomic mass is 10.1. The molecule has 1 N–H and O–H groups in total. The number of amides is 1. The molecule has 12 heavy (non-hydrogen) atoms. The quantitative estimate of drug-likeness (QED) is 0.568. The first-order chi connectivity index (χ1) is 5.88. The van der Waals surface area contributed by atoms with E-state index in [2.05, 4.69) is 5.32 Å². The largest absolute Gasteiger partial charge is 0.359 e. The molecule has 2 saturated heterocycles. The van der Waals surface area contributed by atoms with Gasteiger partial charge in [-0.15, -0.1) is 0 Å². The van der Waals surface area contributed by atoms with E-state index in [9.17, 15) is 4.79 Å². The highest BCUT2D eigenvalue weighted by Crippen LogP contribution is 2.14. The number of likely N-dealkylation sites (tertiary alicyclic amines) is 1. The minimum atomic E-state index is 0.0773. The third kappa shape index (κ3) is 1.44. The van der Waals surface area contributed by atoms with Crippen LogP contribution in [0, 0.1) is 6.10 Å². The molecule has 1 radical (unpaired) electrons. The highest BCUT2D eigenvalue weighted by molar-refractivity contribution is 5.89. The summed E-state index contributed by atoms with van der Waals surface area (Å²) in [5, 5.41) is 3.11. The summed E-state index contributed by atoms with van der Waals surface area (Å²) in [4.78, 5) is 13.3. The van der Waals surface area contributed by atoms with Crippen LogP contribution in [0.2, 0.25) is 0 Å². The van der Waals surface area contributed by atoms with Crippen molar-refractivity contribution in [2.24, 2.45) is 0 Å². The molecule has 0 unspecified atom stereocenters. The SMILES string of the molecule is O=C([C]1CNCCO1)N1CCC1. The van der Waals surface area contributed by atoms with Gasteiger partial charge in [0.15, 0.2) is 6.10 Å². The molecule has 2 rings (SSSR count). The number of nitrogens with zero attached hydrogens (tertiary/aromatic N) is 1. The van der Waals surface area contributed by atoms with Gasteiger partial charge in [-0.1, -0.05) is 0 Å². The van der Waals surface area contributed by atoms with E-state index in [1.165, 1.54) is 0 Å². The number of nitrogens with one attached hydrogen (secondary N) is 1. The molecule has 1 amide bonds. The minimum Gasteiger partial charge on any atom is -0.359 e. The second-order valence-electron chi connectivity index (χ2n) is 3.09. The summed E-state index contributed by atoms with van der Waals surface area (Å²) in [6.45, 7) is 3.85. The Bertz CT molecular complexity index is 174. The molecule has 0 aliphatic carbocycles. The predicted molar refractivity (Wildman–Crippen MR) is 43.3 cm³/mol. The molecule has 67 valence electrons. The van der Waals surface area contributed by atoms with Crippen molar-refractivity contribution >= 4 is 5.91 Å². The van der Waals surface area contributed by atoms with Crippen molar-refractivity contribution < 1.29 is 9.53 Å². The van der Waals surface area contributed by atoms with E-state index >= 15 is 0 Å². The standard InChI is InChI=1S/C8H13N2O2/c11-8(10-3-1-4-10)7-6-9-2-5-12-7/h9H,1-6H2. The fourth-order valence-corrected chi connectivity index (χ4v) is 1.33. The van der Waals surface area contributed by atoms with Crippen LogP contribution in [0.1, 0.15) is 6.42 Å². The summed E-state index contributed by atoms with van der Waals surface area (Å²) < 4.78 is 5.26. The second kappa shape index (κ2) is 3.41. The lowest BCUT2D eigenvalue weighted by Crippen LogP contribution is -2.49. The van der Waals surface area contributed by atoms with Crippen LogP contribution in [-0.4, -0.2) is 43.6 Å². The Balaban J connectivity index is 1.84. The minimum absolute atomic E-state index is 0.0773. The topological polar surface area (TPSA) is 41.6 Å². The first-order valence-corrected chi connectivity index (χ1v) is 4.36. The zero-order valence-electron chi connectivity index (χ0n) is 7.01. The van der Waals surface area contributed by atoms with Gasteiger partial charge in [0, 0.05) is 26.2 Å². The van der Waals surface area contributed by atoms with Crippen LogP contribution in [0.3, 0.4) is 0 Å². The smallest absolute Gasteiger partial charge is 0.259 e. The fraction of sp³-hybridized carbons (Fsp3) is 0.750. The van der Waals surface area contributed by atoms with Gasteiger partial charge in [-0.05, 0) is 6.42 Å². The summed E-state index contributed by atoms with van der Waals surface area (Å²) >= 11 is 0. The Morgan fingerprint density at radius 1 is 1.50 bits per heavy atom. The monoisotopic (exact) mass is 169 g/mol. The van der Waals surface area contributed by atoms with E-state index in [0.29, 0.717) is 19.3 Å². The van der Waals surface area contributed by atoms with Crippen LogP contribution in [0.25, 0.3) is 0 Å². The van der Waals surface area contributed by atoms with E-state index in [4.69, 9.17) is 4.74 Å². The summed E-state index contributed by atoms with van der Waals surface area (Å²) in [6.07, 6.45) is 1.72. The summed E-state index contributed by atoms with van der Waals surface area (Å²) in [5.41, 5.74) is 0. The molecule has 0 aromatic carbocycles. The zero-order chi connectivity index (χ0) is 8.39. The van der Waals surface area contributed by atoms with Crippen LogP contribution < -0.4 is 5.32 Å². The van der Waals surface area contributed by atoms with Gasteiger partial charge in [-0.25, -0.2) is 0 Å². The number of rotatable bonds is 1. The van der Waals surface area contributed by atoms with Gasteiger partial charge < -0.3 is 15.0 Å². The molecular formula is C8H13N2O2. The third-order valence-electron chi connectivity index (χ3n) is 2.22. The highest BCUT2D eigenvalue weighted by Gasteiger charge is 2.30. The molecule has 0 atom stereocenters. The Morgan fingerprint density at radius 3 is 2.83 bits per heavy atom. The zero-order valence-corrected chi connectivity index (χ0v) is 7.01. The summed E-state index contributed by atoms with van der Waals surface area (Å²) in [5.74, 6) is 0.0773. The lowest BCUT2D eigenvalue weighted by Gasteiger charge is -2.34. The molecule has 0 bridgehead atoms. The average molecular weight is 169 g/mol. The summed E-state index contributed by atoms with van der Waals surface area (Å²) in [6, 6.07) is 0. The van der Waals surface area contributed by atoms with Crippen LogP contribution in [0.5, 0.6) is 0 Å². The predicted octanol–water partition coefficient (Wildman–Crippen LogP) is -0.630. The van der Waals surface area contributed by atoms with E-state index in [1.807, 2.05) is 4.90 Å². The van der Waals surface area contributed by atoms with Crippen molar-refractivity contribution in [1.82, 2.24) is 10.2 Å². The average Bonchev–Trinajstić information content (AvgIpc) is 2.03. The molecule has 2 aliphatic rings. The maximum absolute atomic E-state index is 11.5. The normalized spacial score (nSPS) is 25.2. The lowest BCUT2D eigenvalue weighted by molar-refractivity contribution is -0.139. The van der Waals surface area contributed by atoms with E-state index < -0.39 is 0 Å².